The Kier molecular flexibility index (Phi) is 5.94. The highest BCUT2D eigenvalue weighted by Crippen LogP contribution is 2.16. The van der Waals surface area contributed by atoms with E-state index in [0.29, 0.717) is 0 Å². The molecule has 1 heterocycles. The van der Waals surface area contributed by atoms with Crippen LogP contribution in [0.2, 0.25) is 0 Å². The first-order valence-corrected chi connectivity index (χ1v) is 8.86. The molecule has 1 saturated heterocycles. The zero-order valence-corrected chi connectivity index (χ0v) is 11.9. The van der Waals surface area contributed by atoms with Crippen molar-refractivity contribution < 1.29 is 27.5 Å². The van der Waals surface area contributed by atoms with Crippen LogP contribution in [0, 0.1) is 0 Å². The molecule has 0 aromatic carbocycles. The van der Waals surface area contributed by atoms with E-state index in [1.165, 1.54) is 12.5 Å². The van der Waals surface area contributed by atoms with Crippen molar-refractivity contribution in [2.45, 2.75) is 25.0 Å². The summed E-state index contributed by atoms with van der Waals surface area (Å²) in [5.41, 5.74) is 0. The summed E-state index contributed by atoms with van der Waals surface area (Å²) in [4.78, 5) is 23.1. The average Bonchev–Trinajstić information content (AvgIpc) is 2.27. The van der Waals surface area contributed by atoms with E-state index in [-0.39, 0.29) is 24.3 Å². The van der Waals surface area contributed by atoms with Gasteiger partial charge >= 0.3 is 11.9 Å². The molecule has 0 aromatic rings. The summed E-state index contributed by atoms with van der Waals surface area (Å²) < 4.78 is 31.7. The number of hydrogen-bond acceptors (Lipinski definition) is 6. The molecule has 0 N–H and O–H groups in total. The Morgan fingerprint density at radius 1 is 0.889 bits per heavy atom. The Balaban J connectivity index is 2.48. The molecule has 1 rings (SSSR count). The molecule has 0 bridgehead atoms. The smallest absolute Gasteiger partial charge is 0.348 e. The van der Waals surface area contributed by atoms with Crippen LogP contribution >= 0.6 is 0 Å². The highest BCUT2D eigenvalue weighted by atomic mass is 32.2. The minimum Gasteiger partial charge on any atom is -0.448 e. The van der Waals surface area contributed by atoms with Gasteiger partial charge in [0.25, 0.3) is 0 Å². The van der Waals surface area contributed by atoms with Crippen molar-refractivity contribution in [3.8, 4) is 0 Å². The summed E-state index contributed by atoms with van der Waals surface area (Å²) in [5, 5.41) is 0. The van der Waals surface area contributed by atoms with Gasteiger partial charge < -0.3 is 9.47 Å². The summed E-state index contributed by atoms with van der Waals surface area (Å²) in [6, 6.07) is 0. The maximum absolute atomic E-state index is 11.5. The van der Waals surface area contributed by atoms with Gasteiger partial charge in [0.1, 0.15) is 0 Å². The zero-order valence-electron chi connectivity index (χ0n) is 10.2. The predicted molar refractivity (Wildman–Crippen MR) is 66.9 cm³/mol. The van der Waals surface area contributed by atoms with Gasteiger partial charge in [-0.1, -0.05) is 0 Å². The van der Waals surface area contributed by atoms with Crippen molar-refractivity contribution in [1.82, 2.24) is 0 Å². The van der Waals surface area contributed by atoms with E-state index in [0.717, 1.165) is 0 Å². The van der Waals surface area contributed by atoms with Gasteiger partial charge in [-0.15, -0.1) is 0 Å². The molecule has 1 fully saturated rings. The van der Waals surface area contributed by atoms with Crippen molar-refractivity contribution >= 4 is 33.5 Å². The third-order valence-corrected chi connectivity index (χ3v) is 4.00. The first-order valence-electron chi connectivity index (χ1n) is 5.41. The normalized spacial score (nSPS) is 27.2. The van der Waals surface area contributed by atoms with Crippen LogP contribution in [0.1, 0.15) is 12.8 Å². The third kappa shape index (κ3) is 4.85. The zero-order chi connectivity index (χ0) is 13.7. The standard InChI is InChI=1S/C10H16O6S2/c1-17(13)5-3-7-9(11)16-8(10(12)15-7)4-6-18(2)14/h7-8H,3-6H2,1-2H3. The predicted octanol–water partition coefficient (Wildman–Crippen LogP) is -0.639. The number of cyclic esters (lactones) is 2. The average molecular weight is 296 g/mol. The van der Waals surface area contributed by atoms with Gasteiger partial charge in [0.05, 0.1) is 0 Å². The van der Waals surface area contributed by atoms with E-state index in [2.05, 4.69) is 0 Å². The van der Waals surface area contributed by atoms with Crippen LogP contribution in [0.3, 0.4) is 0 Å². The molecule has 104 valence electrons. The minimum atomic E-state index is -1.05. The highest BCUT2D eigenvalue weighted by Gasteiger charge is 2.37. The van der Waals surface area contributed by atoms with Gasteiger partial charge in [0.2, 0.25) is 0 Å². The van der Waals surface area contributed by atoms with Crippen LogP contribution in [0.5, 0.6) is 0 Å². The second-order valence-corrected chi connectivity index (χ2v) is 7.09. The van der Waals surface area contributed by atoms with Crippen molar-refractivity contribution in [3.05, 3.63) is 0 Å². The molecular formula is C10H16O6S2. The molecule has 0 spiro atoms. The molecule has 1 aliphatic heterocycles. The molecule has 4 unspecified atom stereocenters. The number of carbonyl (C=O) groups excluding carboxylic acids is 2. The number of rotatable bonds is 6. The Bertz CT molecular complexity index is 345. The maximum Gasteiger partial charge on any atom is 0.348 e. The number of esters is 2. The molecule has 18 heavy (non-hydrogen) atoms. The van der Waals surface area contributed by atoms with E-state index >= 15 is 0 Å². The first kappa shape index (κ1) is 15.3. The molecular weight excluding hydrogens is 280 g/mol. The fourth-order valence-corrected chi connectivity index (χ4v) is 2.52. The monoisotopic (exact) mass is 296 g/mol. The van der Waals surface area contributed by atoms with Crippen molar-refractivity contribution in [3.63, 3.8) is 0 Å². The first-order chi connectivity index (χ1) is 8.40. The maximum atomic E-state index is 11.5. The molecule has 0 aromatic heterocycles. The Morgan fingerprint density at radius 2 is 1.22 bits per heavy atom. The molecule has 6 nitrogen and oxygen atoms in total. The Labute approximate surface area is 110 Å². The summed E-state index contributed by atoms with van der Waals surface area (Å²) >= 11 is 0. The SMILES string of the molecule is CS(=O)CCC1OC(=O)C(CCS(C)=O)OC1=O. The lowest BCUT2D eigenvalue weighted by molar-refractivity contribution is -0.195. The number of hydrogen-bond donors (Lipinski definition) is 0. The quantitative estimate of drug-likeness (QED) is 0.606. The second kappa shape index (κ2) is 6.98. The number of ether oxygens (including phenoxy) is 2. The molecule has 4 atom stereocenters. The van der Waals surface area contributed by atoms with Gasteiger partial charge in [-0.05, 0) is 0 Å². The van der Waals surface area contributed by atoms with Crippen LogP contribution in [0.4, 0.5) is 0 Å². The molecule has 8 heteroatoms. The number of carbonyl (C=O) groups is 2. The Hall–Kier alpha value is -0.760. The van der Waals surface area contributed by atoms with Crippen molar-refractivity contribution in [1.29, 1.82) is 0 Å². The van der Waals surface area contributed by atoms with Gasteiger partial charge in [-0.2, -0.15) is 0 Å². The molecule has 0 amide bonds. The lowest BCUT2D eigenvalue weighted by Crippen LogP contribution is -2.45. The third-order valence-electron chi connectivity index (χ3n) is 2.38. The van der Waals surface area contributed by atoms with Crippen LogP contribution in [-0.2, 0) is 40.7 Å². The fraction of sp³-hybridized carbons (Fsp3) is 0.800. The second-order valence-electron chi connectivity index (χ2n) is 3.98. The largest absolute Gasteiger partial charge is 0.448 e. The molecule has 0 radical (unpaired) electrons. The van der Waals surface area contributed by atoms with E-state index < -0.39 is 45.7 Å². The van der Waals surface area contributed by atoms with E-state index in [4.69, 9.17) is 9.47 Å². The van der Waals surface area contributed by atoms with Crippen LogP contribution in [0.15, 0.2) is 0 Å². The van der Waals surface area contributed by atoms with Gasteiger partial charge in [0.15, 0.2) is 12.2 Å². The topological polar surface area (TPSA) is 86.7 Å². The van der Waals surface area contributed by atoms with E-state index in [9.17, 15) is 18.0 Å². The Morgan fingerprint density at radius 3 is 1.50 bits per heavy atom. The minimum absolute atomic E-state index is 0.195. The van der Waals surface area contributed by atoms with E-state index in [1.54, 1.807) is 0 Å². The van der Waals surface area contributed by atoms with Crippen LogP contribution < -0.4 is 0 Å². The molecule has 1 aliphatic rings. The molecule has 0 saturated carbocycles. The van der Waals surface area contributed by atoms with E-state index in [1.807, 2.05) is 0 Å². The van der Waals surface area contributed by atoms with Crippen LogP contribution in [0.25, 0.3) is 0 Å². The van der Waals surface area contributed by atoms with Gasteiger partial charge in [-0.3, -0.25) is 8.42 Å². The van der Waals surface area contributed by atoms with Gasteiger partial charge in [-0.25, -0.2) is 9.59 Å². The fourth-order valence-electron chi connectivity index (χ4n) is 1.43. The summed E-state index contributed by atoms with van der Waals surface area (Å²) in [6.45, 7) is 0. The molecule has 0 aliphatic carbocycles. The van der Waals surface area contributed by atoms with Gasteiger partial charge in [0, 0.05) is 58.5 Å². The van der Waals surface area contributed by atoms with Crippen LogP contribution in [-0.4, -0.2) is 56.6 Å². The lowest BCUT2D eigenvalue weighted by atomic mass is 10.2. The highest BCUT2D eigenvalue weighted by molar-refractivity contribution is 7.84. The summed E-state index contributed by atoms with van der Waals surface area (Å²) in [7, 11) is -2.10. The summed E-state index contributed by atoms with van der Waals surface area (Å²) in [6.07, 6.45) is 1.47. The lowest BCUT2D eigenvalue weighted by Gasteiger charge is -2.27. The van der Waals surface area contributed by atoms with Crippen molar-refractivity contribution in [2.75, 3.05) is 24.0 Å². The van der Waals surface area contributed by atoms with Crippen molar-refractivity contribution in [2.24, 2.45) is 0 Å². The summed E-state index contributed by atoms with van der Waals surface area (Å²) in [5.74, 6) is -0.688.